The average molecular weight is 1390 g/mol. The quantitative estimate of drug-likeness (QED) is 0.00899. The van der Waals surface area contributed by atoms with Crippen molar-refractivity contribution >= 4 is 127 Å². The van der Waals surface area contributed by atoms with Crippen LogP contribution in [0.2, 0.25) is 20.1 Å². The predicted octanol–water partition coefficient (Wildman–Crippen LogP) is 8.71. The largest absolute Gasteiger partial charge is 0.490 e. The second-order valence-corrected chi connectivity index (χ2v) is 29.3. The molecule has 2 amide bonds. The number of anilines is 3. The average Bonchev–Trinajstić information content (AvgIpc) is 0.873. The van der Waals surface area contributed by atoms with Crippen molar-refractivity contribution in [3.05, 3.63) is 101 Å². The second-order valence-electron chi connectivity index (χ2n) is 23.4. The van der Waals surface area contributed by atoms with Crippen LogP contribution in [0.3, 0.4) is 0 Å². The number of imidazole rings is 1. The summed E-state index contributed by atoms with van der Waals surface area (Å²) in [5.41, 5.74) is 12.4. The number of aliphatic hydroxyl groups excluding tert-OH is 2. The van der Waals surface area contributed by atoms with E-state index in [1.54, 1.807) is 7.05 Å². The molecule has 2 aromatic heterocycles. The maximum atomic E-state index is 15.1. The molecule has 4 aliphatic heterocycles. The van der Waals surface area contributed by atoms with E-state index in [1.807, 2.05) is 0 Å². The number of hydrogen-bond donors (Lipinski definition) is 9. The van der Waals surface area contributed by atoms with Crippen LogP contribution in [0.25, 0.3) is 27.9 Å². The number of phosphoric acid groups is 3. The fourth-order valence-electron chi connectivity index (χ4n) is 12.3. The van der Waals surface area contributed by atoms with Crippen LogP contribution in [0.1, 0.15) is 133 Å². The Balaban J connectivity index is 0.843. The van der Waals surface area contributed by atoms with Crippen LogP contribution in [0.5, 0.6) is 11.5 Å². The number of carbonyl (C=O) groups excluding carboxylic acids is 2. The monoisotopic (exact) mass is 1390 g/mol. The minimum absolute atomic E-state index is 0.0189. The summed E-state index contributed by atoms with van der Waals surface area (Å²) in [4.78, 5) is 81.8. The number of fused-ring (bicyclic) bond motifs is 5. The molecular weight excluding hydrogens is 1320 g/mol. The number of hydrogen-bond acceptors (Lipinski definition) is 18. The summed E-state index contributed by atoms with van der Waals surface area (Å²) in [5, 5.41) is 29.6. The summed E-state index contributed by atoms with van der Waals surface area (Å²) < 4.78 is 63.7. The van der Waals surface area contributed by atoms with Gasteiger partial charge in [-0.25, -0.2) is 33.2 Å². The number of rotatable bonds is 24. The molecule has 3 aromatic carbocycles. The predicted molar refractivity (Wildman–Crippen MR) is 342 cm³/mol. The zero-order valence-corrected chi connectivity index (χ0v) is 56.4. The molecular formula is C57H72Cl4N10O16P3+. The molecule has 26 nitrogen and oxygen atoms in total. The van der Waals surface area contributed by atoms with E-state index in [1.165, 1.54) is 9.47 Å². The van der Waals surface area contributed by atoms with E-state index in [0.29, 0.717) is 73.0 Å². The first kappa shape index (κ1) is 69.3. The number of ether oxygens (including phenoxy) is 2. The van der Waals surface area contributed by atoms with Gasteiger partial charge in [-0.05, 0) is 90.2 Å². The minimum atomic E-state index is -5.83. The van der Waals surface area contributed by atoms with Crippen LogP contribution < -0.4 is 41.2 Å². The van der Waals surface area contributed by atoms with Crippen molar-refractivity contribution in [2.45, 2.75) is 130 Å². The van der Waals surface area contributed by atoms with Crippen molar-refractivity contribution < 1.29 is 75.7 Å². The minimum Gasteiger partial charge on any atom is -0.456 e. The summed E-state index contributed by atoms with van der Waals surface area (Å²) >= 11 is 28.4. The van der Waals surface area contributed by atoms with Crippen LogP contribution in [0, 0.1) is 0 Å². The number of allylic oxidation sites excluding steroid dienone is 2. The summed E-state index contributed by atoms with van der Waals surface area (Å²) in [7, 11) is -15.5. The number of carbonyl (C=O) groups is 2. The van der Waals surface area contributed by atoms with Gasteiger partial charge in [-0.1, -0.05) is 65.3 Å². The normalized spacial score (nSPS) is 20.5. The number of nitrogens with one attached hydrogen (secondary N) is 2. The molecule has 10 N–H and O–H groups in total. The summed E-state index contributed by atoms with van der Waals surface area (Å²) in [6.07, 6.45) is 2.01. The molecule has 5 aromatic rings. The van der Waals surface area contributed by atoms with Crippen LogP contribution in [0.15, 0.2) is 42.7 Å². The number of aromatic nitrogens is 4. The third-order valence-electron chi connectivity index (χ3n) is 16.1. The molecule has 90 heavy (non-hydrogen) atoms. The Kier molecular flexibility index (Phi) is 20.6. The van der Waals surface area contributed by atoms with Crippen molar-refractivity contribution in [3.63, 3.8) is 0 Å². The lowest BCUT2D eigenvalue weighted by Crippen LogP contribution is -2.49. The summed E-state index contributed by atoms with van der Waals surface area (Å²) in [6, 6.07) is 8.30. The SMILES string of the molecule is CCN1c2cc3c(cc2C(C)=CC1(C)C)C(c1c(Cl)c(Cl)c(Cl)c(Cl)c1C(=O)N(C)CCCC(=O)NCCCCCCNc1nc2c(N)ncnc2n1[C@@H]1O[C@H](COP(=O)(O)OP(=O)(O)OP(=O)(O)O)[C@@H](O)[C@H]1O)=c1cc2c(cc1O3)=[N+](CC)C(C)(C)C=C2C. The van der Waals surface area contributed by atoms with E-state index in [-0.39, 0.29) is 84.1 Å². The lowest BCUT2D eigenvalue weighted by Gasteiger charge is -2.43. The third kappa shape index (κ3) is 14.2. The number of halogens is 4. The molecule has 1 saturated heterocycles. The van der Waals surface area contributed by atoms with E-state index < -0.39 is 60.5 Å². The standard InChI is InChI=1S/C57H71Cl4N10O16P3/c1-10-69-35-23-37-33(21-31(35)29(3)25-56(69,5)6)41(34-22-32-30(4)26-57(7,8)70(11-2)36(32)24-38(34)84-37)42-43(45(59)47(61)46(60)44(42)58)53(75)68(9)20-16-17-40(72)63-18-14-12-13-15-19-64-55-67-48-51(62)65-28-66-52(48)71(55)54-50(74)49(73)39(85-54)27-83-89(79,80)87-90(81,82)86-88(76,77)78/h21-26,28,39,49-50,54,62,73-74H,10-20,27H2,1-9H3,(H6,63,72,75,76,77,78,79,80,81,82)/p+1/t39-,49-,50-,54-/m1/s1. The molecule has 9 rings (SSSR count). The highest BCUT2D eigenvalue weighted by atomic mass is 35.5. The van der Waals surface area contributed by atoms with E-state index in [9.17, 15) is 38.5 Å². The van der Waals surface area contributed by atoms with Crippen LogP contribution in [-0.4, -0.2) is 142 Å². The van der Waals surface area contributed by atoms with Crippen molar-refractivity contribution in [1.29, 1.82) is 0 Å². The van der Waals surface area contributed by atoms with E-state index in [4.69, 9.17) is 71.4 Å². The van der Waals surface area contributed by atoms with Gasteiger partial charge < -0.3 is 65.4 Å². The number of benzene rings is 3. The van der Waals surface area contributed by atoms with Crippen molar-refractivity contribution in [2.24, 2.45) is 0 Å². The Labute approximate surface area is 538 Å². The summed E-state index contributed by atoms with van der Waals surface area (Å²) in [6.45, 7) is 18.4. The van der Waals surface area contributed by atoms with E-state index in [2.05, 4.69) is 140 Å². The lowest BCUT2D eigenvalue weighted by molar-refractivity contribution is -0.121. The molecule has 488 valence electrons. The summed E-state index contributed by atoms with van der Waals surface area (Å²) in [5.74, 6) is 0.457. The van der Waals surface area contributed by atoms with Gasteiger partial charge in [0.25, 0.3) is 5.91 Å². The smallest absolute Gasteiger partial charge is 0.456 e. The molecule has 0 aliphatic carbocycles. The van der Waals surface area contributed by atoms with E-state index >= 15 is 4.79 Å². The topological polar surface area (TPSA) is 356 Å². The number of likely N-dealkylation sites (N-methyl/N-ethyl adjacent to an activating group) is 2. The van der Waals surface area contributed by atoms with Gasteiger partial charge in [-0.15, -0.1) is 0 Å². The van der Waals surface area contributed by atoms with Gasteiger partial charge in [-0.2, -0.15) is 8.62 Å². The molecule has 2 unspecified atom stereocenters. The fraction of sp³-hybridized carbons (Fsp3) is 0.474. The maximum Gasteiger partial charge on any atom is 0.490 e. The molecule has 4 aliphatic rings. The second kappa shape index (κ2) is 26.7. The van der Waals surface area contributed by atoms with Crippen LogP contribution in [0.4, 0.5) is 17.5 Å². The molecule has 0 bridgehead atoms. The number of unbranched alkanes of at least 4 members (excludes halogenated alkanes) is 3. The highest BCUT2D eigenvalue weighted by molar-refractivity contribution is 7.66. The number of nitrogens with two attached hydrogens (primary N) is 1. The van der Waals surface area contributed by atoms with Gasteiger partial charge in [0.1, 0.15) is 42.7 Å². The van der Waals surface area contributed by atoms with Gasteiger partial charge in [-0.3, -0.25) is 18.7 Å². The van der Waals surface area contributed by atoms with Gasteiger partial charge in [0, 0.05) is 98.3 Å². The Morgan fingerprint density at radius 2 is 1.50 bits per heavy atom. The number of phosphoric ester groups is 1. The molecule has 1 fully saturated rings. The Bertz CT molecular complexity index is 4070. The van der Waals surface area contributed by atoms with Crippen molar-refractivity contribution in [3.8, 4) is 11.5 Å². The van der Waals surface area contributed by atoms with Gasteiger partial charge in [0.2, 0.25) is 17.2 Å². The molecule has 0 saturated carbocycles. The highest BCUT2D eigenvalue weighted by Gasteiger charge is 2.48. The first-order valence-electron chi connectivity index (χ1n) is 28.9. The Morgan fingerprint density at radius 1 is 0.822 bits per heavy atom. The fourth-order valence-corrected chi connectivity index (χ4v) is 16.3. The first-order chi connectivity index (χ1) is 42.1. The molecule has 33 heteroatoms. The zero-order valence-electron chi connectivity index (χ0n) is 50.7. The van der Waals surface area contributed by atoms with Gasteiger partial charge in [0.15, 0.2) is 28.7 Å². The zero-order chi connectivity index (χ0) is 65.9. The number of nitrogen functional groups attached to an aromatic ring is 1. The third-order valence-corrected chi connectivity index (χ3v) is 21.8. The maximum absolute atomic E-state index is 15.1. The molecule has 0 spiro atoms. The highest BCUT2D eigenvalue weighted by Crippen LogP contribution is 2.66. The van der Waals surface area contributed by atoms with Gasteiger partial charge in [0.05, 0.1) is 43.9 Å². The number of amides is 2. The Hall–Kier alpha value is -5.05. The molecule has 6 atom stereocenters. The lowest BCUT2D eigenvalue weighted by atomic mass is 9.83. The molecule has 0 radical (unpaired) electrons. The first-order valence-corrected chi connectivity index (χ1v) is 34.9. The van der Waals surface area contributed by atoms with Crippen molar-refractivity contribution in [2.75, 3.05) is 62.3 Å². The molecule has 6 heterocycles. The van der Waals surface area contributed by atoms with Crippen LogP contribution in [-0.2, 0) is 36.4 Å². The van der Waals surface area contributed by atoms with Gasteiger partial charge >= 0.3 is 23.5 Å². The van der Waals surface area contributed by atoms with Crippen molar-refractivity contribution in [1.82, 2.24) is 34.3 Å². The van der Waals surface area contributed by atoms with Crippen LogP contribution >= 0.6 is 69.9 Å². The number of aliphatic hydroxyl groups is 2. The Morgan fingerprint density at radius 3 is 2.18 bits per heavy atom. The van der Waals surface area contributed by atoms with E-state index in [0.717, 1.165) is 52.7 Å². The number of nitrogens with zero attached hydrogens (tertiary/aromatic N) is 7.